The average molecular weight is 288 g/mol. The number of hydrogen-bond donors (Lipinski definition) is 2. The molecule has 0 aliphatic heterocycles. The number of methoxy groups -OCH3 is 1. The van der Waals surface area contributed by atoms with Gasteiger partial charge in [0.05, 0.1) is 12.6 Å². The minimum atomic E-state index is 0.671. The minimum Gasteiger partial charge on any atom is -0.496 e. The predicted octanol–water partition coefficient (Wildman–Crippen LogP) is 3.78. The van der Waals surface area contributed by atoms with Crippen LogP contribution in [0.15, 0.2) is 30.3 Å². The molecule has 0 spiro atoms. The average Bonchev–Trinajstić information content (AvgIpc) is 2.84. The third-order valence-electron chi connectivity index (χ3n) is 3.32. The van der Waals surface area contributed by atoms with Gasteiger partial charge in [0.15, 0.2) is 0 Å². The lowest BCUT2D eigenvalue weighted by Gasteiger charge is -2.09. The zero-order chi connectivity index (χ0) is 14.3. The van der Waals surface area contributed by atoms with Gasteiger partial charge in [-0.25, -0.2) is 0 Å². The van der Waals surface area contributed by atoms with Crippen molar-refractivity contribution in [2.24, 2.45) is 0 Å². The Labute approximate surface area is 121 Å². The van der Waals surface area contributed by atoms with Gasteiger partial charge in [0.25, 0.3) is 0 Å². The quantitative estimate of drug-likeness (QED) is 0.705. The highest BCUT2D eigenvalue weighted by atomic mass is 35.5. The fourth-order valence-corrected chi connectivity index (χ4v) is 2.41. The van der Waals surface area contributed by atoms with Gasteiger partial charge < -0.3 is 10.5 Å². The van der Waals surface area contributed by atoms with Gasteiger partial charge in [-0.15, -0.1) is 0 Å². The number of anilines is 1. The molecule has 4 nitrogen and oxygen atoms in total. The molecule has 20 heavy (non-hydrogen) atoms. The minimum absolute atomic E-state index is 0.671. The zero-order valence-corrected chi connectivity index (χ0v) is 12.0. The first-order valence-electron chi connectivity index (χ1n) is 6.18. The lowest BCUT2D eigenvalue weighted by Crippen LogP contribution is -1.91. The Morgan fingerprint density at radius 3 is 2.80 bits per heavy atom. The number of H-pyrrole nitrogens is 1. The van der Waals surface area contributed by atoms with Crippen molar-refractivity contribution in [1.29, 1.82) is 0 Å². The van der Waals surface area contributed by atoms with Crippen LogP contribution in [0.4, 0.5) is 5.69 Å². The molecule has 1 aromatic heterocycles. The van der Waals surface area contributed by atoms with Crippen molar-refractivity contribution in [3.8, 4) is 17.0 Å². The van der Waals surface area contributed by atoms with E-state index < -0.39 is 0 Å². The van der Waals surface area contributed by atoms with Crippen molar-refractivity contribution in [1.82, 2.24) is 10.2 Å². The predicted molar refractivity (Wildman–Crippen MR) is 82.2 cm³/mol. The first kappa shape index (κ1) is 12.8. The normalized spacial score (nSPS) is 10.9. The van der Waals surface area contributed by atoms with E-state index in [-0.39, 0.29) is 0 Å². The number of rotatable bonds is 2. The number of nitrogens with zero attached hydrogens (tertiary/aromatic N) is 1. The molecule has 3 rings (SSSR count). The van der Waals surface area contributed by atoms with Crippen molar-refractivity contribution in [2.75, 3.05) is 12.8 Å². The standard InChI is InChI=1S/C15H14ClN3O/c1-8-5-11(14(20-2)7-12(8)16)15-10-6-9(17)3-4-13(10)18-19-15/h3-7H,17H2,1-2H3,(H,18,19). The summed E-state index contributed by atoms with van der Waals surface area (Å²) in [7, 11) is 1.62. The third kappa shape index (κ3) is 1.98. The molecule has 3 aromatic rings. The lowest BCUT2D eigenvalue weighted by atomic mass is 10.0. The topological polar surface area (TPSA) is 63.9 Å². The monoisotopic (exact) mass is 287 g/mol. The molecule has 5 heteroatoms. The van der Waals surface area contributed by atoms with E-state index in [1.165, 1.54) is 0 Å². The maximum atomic E-state index is 6.14. The highest BCUT2D eigenvalue weighted by Crippen LogP contribution is 2.37. The van der Waals surface area contributed by atoms with Crippen molar-refractivity contribution in [3.63, 3.8) is 0 Å². The van der Waals surface area contributed by atoms with E-state index >= 15 is 0 Å². The SMILES string of the molecule is COc1cc(Cl)c(C)cc1-c1n[nH]c2ccc(N)cc12. The van der Waals surface area contributed by atoms with Crippen LogP contribution in [0.3, 0.4) is 0 Å². The molecule has 0 bridgehead atoms. The fraction of sp³-hybridized carbons (Fsp3) is 0.133. The third-order valence-corrected chi connectivity index (χ3v) is 3.73. The Morgan fingerprint density at radius 2 is 2.05 bits per heavy atom. The van der Waals surface area contributed by atoms with Crippen LogP contribution in [0, 0.1) is 6.92 Å². The molecule has 2 aromatic carbocycles. The Bertz CT molecular complexity index is 795. The van der Waals surface area contributed by atoms with E-state index in [2.05, 4.69) is 10.2 Å². The molecule has 0 saturated carbocycles. The summed E-state index contributed by atoms with van der Waals surface area (Å²) in [5.41, 5.74) is 10.2. The number of nitrogen functional groups attached to an aromatic ring is 1. The molecule has 0 radical (unpaired) electrons. The molecule has 0 unspecified atom stereocenters. The summed E-state index contributed by atoms with van der Waals surface area (Å²) in [6.45, 7) is 1.95. The number of nitrogens with one attached hydrogen (secondary N) is 1. The summed E-state index contributed by atoms with van der Waals surface area (Å²) >= 11 is 6.14. The Kier molecular flexibility index (Phi) is 3.03. The summed E-state index contributed by atoms with van der Waals surface area (Å²) in [5, 5.41) is 9.02. The molecule has 102 valence electrons. The maximum absolute atomic E-state index is 6.14. The molecular formula is C15H14ClN3O. The van der Waals surface area contributed by atoms with Gasteiger partial charge in [-0.3, -0.25) is 5.10 Å². The van der Waals surface area contributed by atoms with E-state index in [9.17, 15) is 0 Å². The second-order valence-electron chi connectivity index (χ2n) is 4.68. The van der Waals surface area contributed by atoms with Crippen molar-refractivity contribution in [2.45, 2.75) is 6.92 Å². The van der Waals surface area contributed by atoms with Crippen molar-refractivity contribution >= 4 is 28.2 Å². The zero-order valence-electron chi connectivity index (χ0n) is 11.2. The summed E-state index contributed by atoms with van der Waals surface area (Å²) < 4.78 is 5.41. The molecular weight excluding hydrogens is 274 g/mol. The van der Waals surface area contributed by atoms with Gasteiger partial charge in [-0.1, -0.05) is 11.6 Å². The number of nitrogens with two attached hydrogens (primary N) is 1. The number of hydrogen-bond acceptors (Lipinski definition) is 3. The second-order valence-corrected chi connectivity index (χ2v) is 5.09. The largest absolute Gasteiger partial charge is 0.496 e. The van der Waals surface area contributed by atoms with Crippen LogP contribution >= 0.6 is 11.6 Å². The van der Waals surface area contributed by atoms with E-state index in [0.29, 0.717) is 16.5 Å². The van der Waals surface area contributed by atoms with Crippen LogP contribution in [0.1, 0.15) is 5.56 Å². The van der Waals surface area contributed by atoms with Gasteiger partial charge >= 0.3 is 0 Å². The summed E-state index contributed by atoms with van der Waals surface area (Å²) in [5.74, 6) is 0.691. The summed E-state index contributed by atoms with van der Waals surface area (Å²) in [6.07, 6.45) is 0. The highest BCUT2D eigenvalue weighted by molar-refractivity contribution is 6.31. The number of aromatic nitrogens is 2. The van der Waals surface area contributed by atoms with Crippen molar-refractivity contribution in [3.05, 3.63) is 40.9 Å². The smallest absolute Gasteiger partial charge is 0.129 e. The Balaban J connectivity index is 2.30. The van der Waals surface area contributed by atoms with E-state index in [1.807, 2.05) is 31.2 Å². The Morgan fingerprint density at radius 1 is 1.25 bits per heavy atom. The number of benzene rings is 2. The summed E-state index contributed by atoms with van der Waals surface area (Å²) in [4.78, 5) is 0. The molecule has 3 N–H and O–H groups in total. The van der Waals surface area contributed by atoms with Crippen LogP contribution in [0.2, 0.25) is 5.02 Å². The van der Waals surface area contributed by atoms with E-state index in [0.717, 1.165) is 27.7 Å². The molecule has 0 aliphatic rings. The lowest BCUT2D eigenvalue weighted by molar-refractivity contribution is 0.416. The van der Waals surface area contributed by atoms with Gasteiger partial charge in [0.2, 0.25) is 0 Å². The van der Waals surface area contributed by atoms with Gasteiger partial charge in [0, 0.05) is 21.7 Å². The number of halogens is 1. The molecule has 0 amide bonds. The van der Waals surface area contributed by atoms with Crippen LogP contribution in [0.5, 0.6) is 5.75 Å². The van der Waals surface area contributed by atoms with Crippen molar-refractivity contribution < 1.29 is 4.74 Å². The Hall–Kier alpha value is -2.20. The van der Waals surface area contributed by atoms with Crippen LogP contribution < -0.4 is 10.5 Å². The molecule has 0 fully saturated rings. The molecule has 0 saturated heterocycles. The van der Waals surface area contributed by atoms with Gasteiger partial charge in [0.1, 0.15) is 11.4 Å². The molecule has 0 aliphatic carbocycles. The molecule has 1 heterocycles. The van der Waals surface area contributed by atoms with Crippen LogP contribution in [0.25, 0.3) is 22.2 Å². The number of aryl methyl sites for hydroxylation is 1. The highest BCUT2D eigenvalue weighted by Gasteiger charge is 2.15. The van der Waals surface area contributed by atoms with E-state index in [4.69, 9.17) is 22.1 Å². The molecule has 0 atom stereocenters. The fourth-order valence-electron chi connectivity index (χ4n) is 2.25. The van der Waals surface area contributed by atoms with Gasteiger partial charge in [-0.05, 0) is 42.8 Å². The second kappa shape index (κ2) is 4.72. The number of ether oxygens (including phenoxy) is 1. The first-order chi connectivity index (χ1) is 9.60. The van der Waals surface area contributed by atoms with Gasteiger partial charge in [-0.2, -0.15) is 5.10 Å². The first-order valence-corrected chi connectivity index (χ1v) is 6.56. The number of aromatic amines is 1. The maximum Gasteiger partial charge on any atom is 0.129 e. The summed E-state index contributed by atoms with van der Waals surface area (Å²) in [6, 6.07) is 9.43. The number of fused-ring (bicyclic) bond motifs is 1. The van der Waals surface area contributed by atoms with Crippen LogP contribution in [-0.2, 0) is 0 Å². The van der Waals surface area contributed by atoms with E-state index in [1.54, 1.807) is 13.2 Å². The van der Waals surface area contributed by atoms with Crippen LogP contribution in [-0.4, -0.2) is 17.3 Å².